The quantitative estimate of drug-likeness (QED) is 0.351. The van der Waals surface area contributed by atoms with E-state index in [-0.39, 0.29) is 21.1 Å². The number of allylic oxidation sites excluding steroid dienone is 4. The van der Waals surface area contributed by atoms with E-state index in [1.165, 1.54) is 0 Å². The second-order valence-electron chi connectivity index (χ2n) is 4.72. The topological polar surface area (TPSA) is 0 Å². The molecule has 0 N–H and O–H groups in total. The van der Waals surface area contributed by atoms with Gasteiger partial charge in [0, 0.05) is 0 Å². The van der Waals surface area contributed by atoms with E-state index in [4.69, 9.17) is 0 Å². The molecule has 0 aromatic rings. The largest absolute Gasteiger partial charge is 4.00 e. The maximum Gasteiger partial charge on any atom is 4.00 e. The van der Waals surface area contributed by atoms with Gasteiger partial charge in [-0.1, -0.05) is 19.6 Å². The second kappa shape index (κ2) is 21.6. The maximum absolute atomic E-state index is 3.91. The van der Waals surface area contributed by atoms with Crippen molar-refractivity contribution >= 4 is 8.07 Å². The van der Waals surface area contributed by atoms with Gasteiger partial charge in [0.1, 0.15) is 0 Å². The summed E-state index contributed by atoms with van der Waals surface area (Å²) in [5.41, 5.74) is 0. The molecule has 0 amide bonds. The van der Waals surface area contributed by atoms with Crippen molar-refractivity contribution in [2.24, 2.45) is 0 Å². The molecule has 17 heavy (non-hydrogen) atoms. The van der Waals surface area contributed by atoms with E-state index in [1.54, 1.807) is 0 Å². The van der Waals surface area contributed by atoms with E-state index >= 15 is 0 Å². The average Bonchev–Trinajstić information content (AvgIpc) is 2.58. The van der Waals surface area contributed by atoms with Crippen LogP contribution in [0.5, 0.6) is 0 Å². The minimum atomic E-state index is -0.861. The van der Waals surface area contributed by atoms with Gasteiger partial charge in [-0.3, -0.25) is 6.08 Å². The molecular formula is C15H30PtSi. The molecule has 2 heteroatoms. The molecule has 0 unspecified atom stereocenters. The number of hydrogen-bond acceptors (Lipinski definition) is 0. The molecule has 1 aliphatic rings. The van der Waals surface area contributed by atoms with Crippen LogP contribution in [0, 0.1) is 25.5 Å². The number of hydrogen-bond donors (Lipinski definition) is 0. The summed E-state index contributed by atoms with van der Waals surface area (Å²) >= 11 is 0. The van der Waals surface area contributed by atoms with E-state index in [0.717, 1.165) is 6.42 Å². The van der Waals surface area contributed by atoms with Crippen molar-refractivity contribution in [3.8, 4) is 0 Å². The standard InChI is InChI=1S/C5H5.C4H11Si.2C3H7.Pt/c1-2-4-5-3-1;1-5(2,3)4;2*1-3-2;/h1-3H,4H2;1H2,2-4H3;2*3H,1-2H3;/q4*-1;+4. The number of rotatable bonds is 0. The van der Waals surface area contributed by atoms with Gasteiger partial charge in [-0.2, -0.15) is 33.8 Å². The first-order chi connectivity index (χ1) is 7.33. The smallest absolute Gasteiger partial charge is 0.342 e. The average molecular weight is 434 g/mol. The third-order valence-electron chi connectivity index (χ3n) is 0.586. The van der Waals surface area contributed by atoms with E-state index in [1.807, 2.05) is 52.7 Å². The molecule has 0 nitrogen and oxygen atoms in total. The monoisotopic (exact) mass is 433 g/mol. The molecule has 1 rings (SSSR count). The van der Waals surface area contributed by atoms with Crippen LogP contribution in [0.25, 0.3) is 0 Å². The Kier molecular flexibility index (Phi) is 33.2. The van der Waals surface area contributed by atoms with Gasteiger partial charge in [-0.15, -0.1) is 14.5 Å². The van der Waals surface area contributed by atoms with Crippen molar-refractivity contribution in [2.45, 2.75) is 53.8 Å². The zero-order valence-electron chi connectivity index (χ0n) is 12.6. The van der Waals surface area contributed by atoms with Crippen molar-refractivity contribution in [3.05, 3.63) is 43.7 Å². The Balaban J connectivity index is -0.0000000673. The Hall–Kier alpha value is 0.385. The van der Waals surface area contributed by atoms with E-state index in [0.29, 0.717) is 0 Å². The van der Waals surface area contributed by atoms with Crippen LogP contribution >= 0.6 is 0 Å². The molecule has 0 saturated carbocycles. The van der Waals surface area contributed by atoms with Gasteiger partial charge in [0.25, 0.3) is 0 Å². The van der Waals surface area contributed by atoms with E-state index < -0.39 is 8.07 Å². The summed E-state index contributed by atoms with van der Waals surface area (Å²) < 4.78 is 0. The van der Waals surface area contributed by atoms with Crippen LogP contribution in [0.2, 0.25) is 19.6 Å². The summed E-state index contributed by atoms with van der Waals surface area (Å²) in [7, 11) is -0.861. The molecule has 0 atom stereocenters. The van der Waals surface area contributed by atoms with Crippen LogP contribution in [-0.4, -0.2) is 8.07 Å². The zero-order chi connectivity index (χ0) is 13.4. The first kappa shape index (κ1) is 26.1. The molecule has 0 aromatic heterocycles. The summed E-state index contributed by atoms with van der Waals surface area (Å²) in [4.78, 5) is 0. The first-order valence-electron chi connectivity index (χ1n) is 5.88. The van der Waals surface area contributed by atoms with Gasteiger partial charge in [0.15, 0.2) is 0 Å². The van der Waals surface area contributed by atoms with Gasteiger partial charge in [-0.05, 0) is 0 Å². The van der Waals surface area contributed by atoms with Gasteiger partial charge in [0.2, 0.25) is 0 Å². The molecule has 0 aliphatic heterocycles. The molecule has 0 radical (unpaired) electrons. The van der Waals surface area contributed by atoms with Crippen LogP contribution in [-0.2, 0) is 21.1 Å². The predicted octanol–water partition coefficient (Wildman–Crippen LogP) is 5.46. The molecular weight excluding hydrogens is 403 g/mol. The van der Waals surface area contributed by atoms with Crippen molar-refractivity contribution < 1.29 is 21.1 Å². The van der Waals surface area contributed by atoms with Crippen molar-refractivity contribution in [1.29, 1.82) is 0 Å². The molecule has 0 bridgehead atoms. The second-order valence-corrected chi connectivity index (χ2v) is 9.84. The summed E-state index contributed by atoms with van der Waals surface area (Å²) in [6.07, 6.45) is 14.0. The summed E-state index contributed by atoms with van der Waals surface area (Å²) in [6.45, 7) is 18.6. The Morgan fingerprint density at radius 2 is 1.35 bits per heavy atom. The maximum atomic E-state index is 3.91. The SMILES string of the molecule is C[CH-]C.C[CH-]C.[C-]1=CC=CC1.[CH2-][Si](C)(C)C.[Pt+4]. The van der Waals surface area contributed by atoms with Crippen molar-refractivity contribution in [2.75, 3.05) is 0 Å². The van der Waals surface area contributed by atoms with Crippen LogP contribution in [0.4, 0.5) is 0 Å². The van der Waals surface area contributed by atoms with Crippen LogP contribution < -0.4 is 0 Å². The fourth-order valence-electron chi connectivity index (χ4n) is 0.340. The first-order valence-corrected chi connectivity index (χ1v) is 9.59. The van der Waals surface area contributed by atoms with E-state index in [2.05, 4.69) is 38.3 Å². The van der Waals surface area contributed by atoms with Crippen LogP contribution in [0.1, 0.15) is 34.1 Å². The Morgan fingerprint density at radius 1 is 1.06 bits per heavy atom. The molecule has 104 valence electrons. The van der Waals surface area contributed by atoms with E-state index in [9.17, 15) is 0 Å². The summed E-state index contributed by atoms with van der Waals surface area (Å²) in [6, 6.07) is 0. The van der Waals surface area contributed by atoms with Crippen molar-refractivity contribution in [1.82, 2.24) is 0 Å². The molecule has 0 saturated heterocycles. The van der Waals surface area contributed by atoms with Crippen LogP contribution in [0.3, 0.4) is 0 Å². The van der Waals surface area contributed by atoms with Gasteiger partial charge in [-0.25, -0.2) is 12.2 Å². The van der Waals surface area contributed by atoms with Gasteiger partial charge < -0.3 is 19.4 Å². The Morgan fingerprint density at radius 3 is 1.41 bits per heavy atom. The Labute approximate surface area is 126 Å². The van der Waals surface area contributed by atoms with Crippen LogP contribution in [0.15, 0.2) is 18.2 Å². The Bertz CT molecular complexity index is 137. The molecule has 0 fully saturated rings. The third-order valence-corrected chi connectivity index (χ3v) is 0.586. The minimum Gasteiger partial charge on any atom is -0.342 e. The summed E-state index contributed by atoms with van der Waals surface area (Å²) in [5.74, 6) is 0. The predicted molar refractivity (Wildman–Crippen MR) is 81.6 cm³/mol. The molecule has 0 aromatic carbocycles. The molecule has 0 heterocycles. The van der Waals surface area contributed by atoms with Gasteiger partial charge in [0.05, 0.1) is 0 Å². The molecule has 0 spiro atoms. The minimum absolute atomic E-state index is 0. The summed E-state index contributed by atoms with van der Waals surface area (Å²) in [5, 5.41) is 0. The third kappa shape index (κ3) is 117. The van der Waals surface area contributed by atoms with Crippen molar-refractivity contribution in [3.63, 3.8) is 0 Å². The fourth-order valence-corrected chi connectivity index (χ4v) is 0.340. The normalized spacial score (nSPS) is 10.8. The fraction of sp³-hybridized carbons (Fsp3) is 0.533. The molecule has 1 aliphatic carbocycles. The zero-order valence-corrected chi connectivity index (χ0v) is 15.9. The van der Waals surface area contributed by atoms with Gasteiger partial charge >= 0.3 is 21.1 Å².